The van der Waals surface area contributed by atoms with Gasteiger partial charge in [-0.2, -0.15) is 5.10 Å². The number of hydrogen-bond donors (Lipinski definition) is 4. The lowest BCUT2D eigenvalue weighted by atomic mass is 10.4. The SMILES string of the molecule is Cc1[nH]ncc1S(=O)(=O)NCCC(N)=NO. The lowest BCUT2D eigenvalue weighted by molar-refractivity contribution is 0.317. The minimum atomic E-state index is -3.59. The minimum absolute atomic E-state index is 0.0355. The van der Waals surface area contributed by atoms with E-state index < -0.39 is 10.0 Å². The van der Waals surface area contributed by atoms with E-state index in [1.54, 1.807) is 6.92 Å². The summed E-state index contributed by atoms with van der Waals surface area (Å²) in [5, 5.41) is 17.1. The monoisotopic (exact) mass is 247 g/mol. The number of aromatic nitrogens is 2. The van der Waals surface area contributed by atoms with Gasteiger partial charge in [-0.3, -0.25) is 5.10 Å². The van der Waals surface area contributed by atoms with E-state index in [4.69, 9.17) is 10.9 Å². The molecule has 0 saturated carbocycles. The first-order valence-electron chi connectivity index (χ1n) is 4.43. The zero-order valence-electron chi connectivity index (χ0n) is 8.64. The molecule has 0 unspecified atom stereocenters. The van der Waals surface area contributed by atoms with Crippen molar-refractivity contribution in [1.82, 2.24) is 14.9 Å². The van der Waals surface area contributed by atoms with Crippen LogP contribution in [-0.2, 0) is 10.0 Å². The van der Waals surface area contributed by atoms with E-state index >= 15 is 0 Å². The van der Waals surface area contributed by atoms with Gasteiger partial charge in [0.15, 0.2) is 0 Å². The van der Waals surface area contributed by atoms with Gasteiger partial charge in [0.2, 0.25) is 10.0 Å². The predicted octanol–water partition coefficient (Wildman–Crippen LogP) is -0.867. The number of aryl methyl sites for hydroxylation is 1. The number of aromatic amines is 1. The van der Waals surface area contributed by atoms with E-state index in [1.807, 2.05) is 0 Å². The maximum Gasteiger partial charge on any atom is 0.243 e. The van der Waals surface area contributed by atoms with Gasteiger partial charge in [0.1, 0.15) is 10.7 Å². The Morgan fingerprint density at radius 3 is 2.94 bits per heavy atom. The van der Waals surface area contributed by atoms with E-state index in [0.29, 0.717) is 5.69 Å². The molecule has 0 aliphatic heterocycles. The third-order valence-electron chi connectivity index (χ3n) is 1.87. The molecule has 0 radical (unpaired) electrons. The Kier molecular flexibility index (Phi) is 3.85. The molecular weight excluding hydrogens is 234 g/mol. The Morgan fingerprint density at radius 1 is 1.75 bits per heavy atom. The van der Waals surface area contributed by atoms with Crippen LogP contribution in [0.15, 0.2) is 16.2 Å². The highest BCUT2D eigenvalue weighted by atomic mass is 32.2. The largest absolute Gasteiger partial charge is 0.409 e. The molecule has 0 saturated heterocycles. The Morgan fingerprint density at radius 2 is 2.44 bits per heavy atom. The van der Waals surface area contributed by atoms with Gasteiger partial charge in [-0.25, -0.2) is 13.1 Å². The second-order valence-electron chi connectivity index (χ2n) is 3.10. The number of nitrogens with one attached hydrogen (secondary N) is 2. The summed E-state index contributed by atoms with van der Waals surface area (Å²) >= 11 is 0. The minimum Gasteiger partial charge on any atom is -0.409 e. The van der Waals surface area contributed by atoms with E-state index in [1.165, 1.54) is 6.20 Å². The average Bonchev–Trinajstić information content (AvgIpc) is 2.64. The zero-order chi connectivity index (χ0) is 12.2. The number of H-pyrrole nitrogens is 1. The predicted molar refractivity (Wildman–Crippen MR) is 56.5 cm³/mol. The first-order valence-corrected chi connectivity index (χ1v) is 5.91. The second-order valence-corrected chi connectivity index (χ2v) is 4.83. The summed E-state index contributed by atoms with van der Waals surface area (Å²) in [7, 11) is -3.59. The number of nitrogens with zero attached hydrogens (tertiary/aromatic N) is 2. The van der Waals surface area contributed by atoms with Gasteiger partial charge in [0.25, 0.3) is 0 Å². The highest BCUT2D eigenvalue weighted by Gasteiger charge is 2.17. The highest BCUT2D eigenvalue weighted by molar-refractivity contribution is 7.89. The van der Waals surface area contributed by atoms with E-state index in [9.17, 15) is 8.42 Å². The van der Waals surface area contributed by atoms with Crippen molar-refractivity contribution in [3.63, 3.8) is 0 Å². The first kappa shape index (κ1) is 12.5. The summed E-state index contributed by atoms with van der Waals surface area (Å²) in [5.41, 5.74) is 5.65. The van der Waals surface area contributed by atoms with Crippen molar-refractivity contribution in [3.8, 4) is 0 Å². The van der Waals surface area contributed by atoms with Crippen LogP contribution in [-0.4, -0.2) is 36.2 Å². The molecule has 0 bridgehead atoms. The molecule has 0 aromatic carbocycles. The van der Waals surface area contributed by atoms with E-state index in [2.05, 4.69) is 20.1 Å². The summed E-state index contributed by atoms with van der Waals surface area (Å²) < 4.78 is 25.6. The Hall–Kier alpha value is -1.61. The summed E-state index contributed by atoms with van der Waals surface area (Å²) in [6.45, 7) is 1.66. The highest BCUT2D eigenvalue weighted by Crippen LogP contribution is 2.10. The second kappa shape index (κ2) is 4.94. The molecule has 8 nitrogen and oxygen atoms in total. The Bertz CT molecular complexity index is 478. The molecule has 9 heteroatoms. The fourth-order valence-corrected chi connectivity index (χ4v) is 2.22. The average molecular weight is 247 g/mol. The molecule has 0 spiro atoms. The molecular formula is C7H13N5O3S. The number of sulfonamides is 1. The molecule has 1 heterocycles. The van der Waals surface area contributed by atoms with E-state index in [0.717, 1.165) is 0 Å². The van der Waals surface area contributed by atoms with Gasteiger partial charge < -0.3 is 10.9 Å². The summed E-state index contributed by atoms with van der Waals surface area (Å²) in [5.74, 6) is -0.0355. The standard InChI is InChI=1S/C7H13N5O3S/c1-5-6(4-9-11-5)16(14,15)10-3-2-7(8)12-13/h4,10,13H,2-3H2,1H3,(H2,8,12)(H,9,11). The first-order chi connectivity index (χ1) is 7.47. The van der Waals surface area contributed by atoms with Crippen molar-refractivity contribution in [3.05, 3.63) is 11.9 Å². The molecule has 0 fully saturated rings. The van der Waals surface area contributed by atoms with Crippen LogP contribution in [0.25, 0.3) is 0 Å². The lowest BCUT2D eigenvalue weighted by Crippen LogP contribution is -2.28. The van der Waals surface area contributed by atoms with Crippen molar-refractivity contribution in [2.45, 2.75) is 18.2 Å². The van der Waals surface area contributed by atoms with Crippen LogP contribution in [0.5, 0.6) is 0 Å². The maximum atomic E-state index is 11.7. The van der Waals surface area contributed by atoms with Crippen molar-refractivity contribution in [2.75, 3.05) is 6.54 Å². The number of oxime groups is 1. The molecule has 1 aromatic heterocycles. The van der Waals surface area contributed by atoms with Gasteiger partial charge in [-0.05, 0) is 6.92 Å². The zero-order valence-corrected chi connectivity index (χ0v) is 9.45. The number of rotatable bonds is 5. The van der Waals surface area contributed by atoms with Crippen LogP contribution >= 0.6 is 0 Å². The molecule has 16 heavy (non-hydrogen) atoms. The van der Waals surface area contributed by atoms with Crippen molar-refractivity contribution in [2.24, 2.45) is 10.9 Å². The molecule has 0 amide bonds. The molecule has 0 atom stereocenters. The maximum absolute atomic E-state index is 11.7. The number of amidine groups is 1. The van der Waals surface area contributed by atoms with Gasteiger partial charge in [0.05, 0.1) is 11.9 Å². The van der Waals surface area contributed by atoms with Gasteiger partial charge in [-0.1, -0.05) is 5.16 Å². The van der Waals surface area contributed by atoms with Gasteiger partial charge in [-0.15, -0.1) is 0 Å². The molecule has 0 aliphatic carbocycles. The lowest BCUT2D eigenvalue weighted by Gasteiger charge is -2.04. The van der Waals surface area contributed by atoms with Crippen molar-refractivity contribution >= 4 is 15.9 Å². The fraction of sp³-hybridized carbons (Fsp3) is 0.429. The fourth-order valence-electron chi connectivity index (χ4n) is 1.05. The van der Waals surface area contributed by atoms with Crippen LogP contribution in [0.1, 0.15) is 12.1 Å². The topological polar surface area (TPSA) is 133 Å². The third kappa shape index (κ3) is 2.94. The summed E-state index contributed by atoms with van der Waals surface area (Å²) in [6, 6.07) is 0. The smallest absolute Gasteiger partial charge is 0.243 e. The van der Waals surface area contributed by atoms with Gasteiger partial charge in [0, 0.05) is 13.0 Å². The van der Waals surface area contributed by atoms with Crippen LogP contribution < -0.4 is 10.5 Å². The summed E-state index contributed by atoms with van der Waals surface area (Å²) in [4.78, 5) is 0.0898. The van der Waals surface area contributed by atoms with Crippen LogP contribution in [0.2, 0.25) is 0 Å². The molecule has 5 N–H and O–H groups in total. The Balaban J connectivity index is 2.64. The third-order valence-corrected chi connectivity index (χ3v) is 3.45. The number of nitrogens with two attached hydrogens (primary N) is 1. The molecule has 90 valence electrons. The molecule has 1 aromatic rings. The van der Waals surface area contributed by atoms with Crippen LogP contribution in [0.4, 0.5) is 0 Å². The molecule has 1 rings (SSSR count). The van der Waals surface area contributed by atoms with Crippen LogP contribution in [0, 0.1) is 6.92 Å². The van der Waals surface area contributed by atoms with Crippen LogP contribution in [0.3, 0.4) is 0 Å². The van der Waals surface area contributed by atoms with Gasteiger partial charge >= 0.3 is 0 Å². The molecule has 0 aliphatic rings. The normalized spacial score (nSPS) is 12.9. The van der Waals surface area contributed by atoms with Crippen molar-refractivity contribution in [1.29, 1.82) is 0 Å². The summed E-state index contributed by atoms with van der Waals surface area (Å²) in [6.07, 6.45) is 1.35. The number of hydrogen-bond acceptors (Lipinski definition) is 5. The Labute approximate surface area is 92.6 Å². The van der Waals surface area contributed by atoms with Crippen molar-refractivity contribution < 1.29 is 13.6 Å². The quantitative estimate of drug-likeness (QED) is 0.232. The van der Waals surface area contributed by atoms with E-state index in [-0.39, 0.29) is 23.7 Å².